The lowest BCUT2D eigenvalue weighted by molar-refractivity contribution is -0.311. The molecule has 0 bridgehead atoms. The zero-order valence-electron chi connectivity index (χ0n) is 27.3. The Morgan fingerprint density at radius 2 is 1.80 bits per heavy atom. The number of allylic oxidation sites excluding steroid dienone is 3. The van der Waals surface area contributed by atoms with Crippen LogP contribution in [0.3, 0.4) is 0 Å². The second-order valence-corrected chi connectivity index (χ2v) is 13.6. The number of hydrogen-bond acceptors (Lipinski definition) is 13. The summed E-state index contributed by atoms with van der Waals surface area (Å²) in [6, 6.07) is 3.07. The van der Waals surface area contributed by atoms with Crippen LogP contribution in [0, 0.1) is 0 Å². The van der Waals surface area contributed by atoms with Gasteiger partial charge in [0.15, 0.2) is 29.4 Å². The van der Waals surface area contributed by atoms with E-state index in [4.69, 9.17) is 30.5 Å². The number of carbonyl (C=O) groups is 2. The van der Waals surface area contributed by atoms with Gasteiger partial charge in [0.2, 0.25) is 0 Å². The van der Waals surface area contributed by atoms with E-state index in [1.807, 2.05) is 11.8 Å². The van der Waals surface area contributed by atoms with E-state index in [2.05, 4.69) is 0 Å². The molecule has 0 amide bonds. The van der Waals surface area contributed by atoms with Gasteiger partial charge in [-0.2, -0.15) is 0 Å². The summed E-state index contributed by atoms with van der Waals surface area (Å²) >= 11 is 6.76. The third kappa shape index (κ3) is 5.01. The highest BCUT2D eigenvalue weighted by Gasteiger charge is 2.48. The number of rotatable bonds is 5. The molecule has 8 atom stereocenters. The summed E-state index contributed by atoms with van der Waals surface area (Å²) in [5.74, 6) is -0.991. The number of nitrogens with zero attached hydrogens (tertiary/aromatic N) is 1. The molecule has 0 aromatic heterocycles. The smallest absolute Gasteiger partial charge is 0.195 e. The van der Waals surface area contributed by atoms with Gasteiger partial charge >= 0.3 is 0 Å². The van der Waals surface area contributed by atoms with Crippen LogP contribution >= 0.6 is 11.6 Å². The van der Waals surface area contributed by atoms with Gasteiger partial charge in [0.25, 0.3) is 0 Å². The third-order valence-electron chi connectivity index (χ3n) is 10.2. The first-order chi connectivity index (χ1) is 23.3. The second-order valence-electron chi connectivity index (χ2n) is 13.2. The number of phenols is 1. The summed E-state index contributed by atoms with van der Waals surface area (Å²) in [5.41, 5.74) is 1.55. The number of halogens is 1. The van der Waals surface area contributed by atoms with Crippen molar-refractivity contribution in [3.63, 3.8) is 0 Å². The van der Waals surface area contributed by atoms with Gasteiger partial charge < -0.3 is 54.5 Å². The summed E-state index contributed by atoms with van der Waals surface area (Å²) in [6.45, 7) is 3.64. The van der Waals surface area contributed by atoms with Gasteiger partial charge in [-0.15, -0.1) is 0 Å². The lowest BCUT2D eigenvalue weighted by Crippen LogP contribution is -2.59. The molecule has 7 rings (SSSR count). The lowest BCUT2D eigenvalue weighted by Gasteiger charge is -2.43. The van der Waals surface area contributed by atoms with Gasteiger partial charge in [0.1, 0.15) is 42.0 Å². The van der Waals surface area contributed by atoms with Crippen LogP contribution in [-0.4, -0.2) is 117 Å². The number of phenolic OH excluding ortho intramolecular Hbond substituents is 1. The minimum Gasteiger partial charge on any atom is -0.507 e. The first kappa shape index (κ1) is 33.9. The third-order valence-corrected chi connectivity index (χ3v) is 10.6. The van der Waals surface area contributed by atoms with E-state index >= 15 is 0 Å². The van der Waals surface area contributed by atoms with Crippen molar-refractivity contribution in [3.05, 3.63) is 62.0 Å². The Morgan fingerprint density at radius 3 is 2.49 bits per heavy atom. The average molecular weight is 700 g/mol. The summed E-state index contributed by atoms with van der Waals surface area (Å²) in [7, 11) is 3.20. The predicted molar refractivity (Wildman–Crippen MR) is 173 cm³/mol. The van der Waals surface area contributed by atoms with Crippen LogP contribution < -0.4 is 9.47 Å². The quantitative estimate of drug-likeness (QED) is 0.265. The van der Waals surface area contributed by atoms with E-state index < -0.39 is 60.6 Å². The molecule has 49 heavy (non-hydrogen) atoms. The van der Waals surface area contributed by atoms with Crippen molar-refractivity contribution in [1.82, 2.24) is 4.90 Å². The van der Waals surface area contributed by atoms with Crippen molar-refractivity contribution >= 4 is 33.9 Å². The number of likely N-dealkylation sites (N-methyl/N-ethyl adjacent to an activating group) is 1. The number of aliphatic hydroxyl groups excluding tert-OH is 5. The minimum atomic E-state index is -1.64. The van der Waals surface area contributed by atoms with Gasteiger partial charge in [0, 0.05) is 70.7 Å². The molecule has 1 fully saturated rings. The Kier molecular flexibility index (Phi) is 8.56. The molecule has 262 valence electrons. The van der Waals surface area contributed by atoms with E-state index in [9.17, 15) is 40.2 Å². The number of methoxy groups -OCH3 is 1. The maximum atomic E-state index is 14.3. The molecule has 4 unspecified atom stereocenters. The van der Waals surface area contributed by atoms with E-state index in [1.54, 1.807) is 13.1 Å². The molecule has 3 heterocycles. The van der Waals surface area contributed by atoms with Gasteiger partial charge in [0.05, 0.1) is 29.9 Å². The molecular formula is C35H38ClNO12. The van der Waals surface area contributed by atoms with Gasteiger partial charge in [-0.1, -0.05) is 24.9 Å². The first-order valence-corrected chi connectivity index (χ1v) is 16.6. The van der Waals surface area contributed by atoms with Crippen LogP contribution in [0.15, 0.2) is 45.3 Å². The zero-order valence-corrected chi connectivity index (χ0v) is 28.0. The number of benzene rings is 2. The monoisotopic (exact) mass is 699 g/mol. The molecule has 0 saturated carbocycles. The van der Waals surface area contributed by atoms with E-state index in [1.165, 1.54) is 20.1 Å². The fraction of sp³-hybridized carbons (Fsp3) is 0.486. The molecule has 0 spiro atoms. The highest BCUT2D eigenvalue weighted by atomic mass is 35.5. The number of aliphatic hydroxyl groups is 5. The molecule has 0 radical (unpaired) electrons. The van der Waals surface area contributed by atoms with Crippen molar-refractivity contribution < 1.29 is 59.2 Å². The van der Waals surface area contributed by atoms with Gasteiger partial charge in [-0.3, -0.25) is 9.59 Å². The lowest BCUT2D eigenvalue weighted by atomic mass is 9.78. The molecule has 2 aromatic carbocycles. The number of fused-ring (bicyclic) bond motifs is 4. The summed E-state index contributed by atoms with van der Waals surface area (Å²) < 4.78 is 23.3. The Morgan fingerprint density at radius 1 is 1.06 bits per heavy atom. The molecule has 2 aliphatic carbocycles. The SMILES string of the molecule is CCCC1=C(Cl)C2=C(CN1C)C(=O)c1c(ccc3c(OC)c4c(c(O)c13)CC1=C(O4)C(O)CC(OC3O[C@H](C)[C@@H](O)[C@H](O)[C@@H]3O)C1O)C2=O. The van der Waals surface area contributed by atoms with Crippen molar-refractivity contribution in [1.29, 1.82) is 0 Å². The van der Waals surface area contributed by atoms with E-state index in [-0.39, 0.29) is 86.2 Å². The minimum absolute atomic E-state index is 0.000159. The van der Waals surface area contributed by atoms with Crippen LogP contribution in [0.1, 0.15) is 59.4 Å². The number of ether oxygens (including phenoxy) is 4. The van der Waals surface area contributed by atoms with E-state index in [0.29, 0.717) is 11.8 Å². The maximum Gasteiger partial charge on any atom is 0.195 e. The molecule has 5 aliphatic rings. The fourth-order valence-corrected chi connectivity index (χ4v) is 8.09. The normalized spacial score (nSPS) is 31.4. The Hall–Kier alpha value is -3.53. The molecule has 3 aliphatic heterocycles. The average Bonchev–Trinajstić information content (AvgIpc) is 3.08. The van der Waals surface area contributed by atoms with Crippen LogP contribution in [0.4, 0.5) is 0 Å². The maximum absolute atomic E-state index is 14.3. The number of hydrogen-bond donors (Lipinski definition) is 6. The Balaban J connectivity index is 1.30. The van der Waals surface area contributed by atoms with Crippen molar-refractivity contribution in [2.24, 2.45) is 0 Å². The Bertz CT molecular complexity index is 1880. The van der Waals surface area contributed by atoms with Crippen molar-refractivity contribution in [3.8, 4) is 17.2 Å². The summed E-state index contributed by atoms with van der Waals surface area (Å²) in [6.07, 6.45) is -9.65. The number of Topliss-reactive ketones (excluding diaryl/α,β-unsaturated/α-hetero) is 2. The standard InChI is InChI=1S/C35H38ClNO12/c1-5-6-18-24(36)23-17(11-37(18)3)29(43)21-13(27(23)41)7-8-14-22(21)28(42)16-9-15-26(40)20(10-19(38)32(15)49-34(16)33(14)46-4)48-35-31(45)30(44)25(39)12(2)47-35/h7-8,12,19-20,25-26,30-31,35,38-40,42,44-45H,5-6,9-11H2,1-4H3/t12-,19?,20?,25-,26?,30+,31+,35?/m1/s1. The topological polar surface area (TPSA) is 196 Å². The zero-order chi connectivity index (χ0) is 35.2. The molecule has 1 saturated heterocycles. The largest absolute Gasteiger partial charge is 0.507 e. The number of ketones is 2. The summed E-state index contributed by atoms with van der Waals surface area (Å²) in [5, 5.41) is 65.9. The van der Waals surface area contributed by atoms with Gasteiger partial charge in [-0.25, -0.2) is 0 Å². The van der Waals surface area contributed by atoms with Crippen LogP contribution in [0.2, 0.25) is 0 Å². The molecule has 2 aromatic rings. The van der Waals surface area contributed by atoms with Crippen molar-refractivity contribution in [2.75, 3.05) is 20.7 Å². The fourth-order valence-electron chi connectivity index (χ4n) is 7.65. The van der Waals surface area contributed by atoms with Crippen molar-refractivity contribution in [2.45, 2.75) is 88.5 Å². The van der Waals surface area contributed by atoms with Crippen LogP contribution in [0.5, 0.6) is 17.2 Å². The summed E-state index contributed by atoms with van der Waals surface area (Å²) in [4.78, 5) is 30.1. The second kappa shape index (κ2) is 12.4. The number of aromatic hydroxyl groups is 1. The van der Waals surface area contributed by atoms with E-state index in [0.717, 1.165) is 12.1 Å². The molecule has 13 nitrogen and oxygen atoms in total. The highest BCUT2D eigenvalue weighted by molar-refractivity contribution is 6.42. The first-order valence-electron chi connectivity index (χ1n) is 16.2. The number of carbonyl (C=O) groups excluding carboxylic acids is 2. The van der Waals surface area contributed by atoms with Crippen LogP contribution in [0.25, 0.3) is 10.8 Å². The molecule has 6 N–H and O–H groups in total. The predicted octanol–water partition coefficient (Wildman–Crippen LogP) is 1.95. The van der Waals surface area contributed by atoms with Crippen LogP contribution in [-0.2, 0) is 15.9 Å². The van der Waals surface area contributed by atoms with Gasteiger partial charge in [-0.05, 0) is 25.5 Å². The highest BCUT2D eigenvalue weighted by Crippen LogP contribution is 2.53. The Labute approximate surface area is 286 Å². The molecular weight excluding hydrogens is 662 g/mol. The molecule has 14 heteroatoms.